The molecule has 3 aliphatic heterocycles. The van der Waals surface area contributed by atoms with Gasteiger partial charge in [0.1, 0.15) is 6.10 Å². The first-order valence-electron chi connectivity index (χ1n) is 13.9. The maximum absolute atomic E-state index is 11.9. The number of benzene rings is 2. The van der Waals surface area contributed by atoms with E-state index in [1.807, 2.05) is 29.6 Å². The molecule has 2 aromatic carbocycles. The fourth-order valence-electron chi connectivity index (χ4n) is 5.47. The SMILES string of the molecule is CC(CCN1CCN(C)CC1)Nc1ccc2c(c1)Sc1cccc(C3CN(c4cc[nH]c(=O)c4)CCO3)c1S2. The Hall–Kier alpha value is -2.43. The van der Waals surface area contributed by atoms with Crippen molar-refractivity contribution < 1.29 is 4.74 Å². The summed E-state index contributed by atoms with van der Waals surface area (Å²) < 4.78 is 6.27. The Morgan fingerprint density at radius 3 is 2.74 bits per heavy atom. The molecule has 9 heteroatoms. The Morgan fingerprint density at radius 1 is 1.03 bits per heavy atom. The summed E-state index contributed by atoms with van der Waals surface area (Å²) in [5, 5.41) is 3.74. The molecule has 0 spiro atoms. The lowest BCUT2D eigenvalue weighted by Crippen LogP contribution is -2.45. The van der Waals surface area contributed by atoms with Crippen molar-refractivity contribution in [3.05, 3.63) is 70.6 Å². The molecule has 206 valence electrons. The number of anilines is 2. The van der Waals surface area contributed by atoms with Gasteiger partial charge in [-0.25, -0.2) is 0 Å². The molecule has 39 heavy (non-hydrogen) atoms. The standard InChI is InChI=1S/C30H37N5O2S2/c1-21(9-11-34-14-12-33(2)13-15-34)32-22-6-7-26-28(18-22)38-27-5-3-4-24(30(27)39-26)25-20-35(16-17-37-25)23-8-10-31-29(36)19-23/h3-8,10,18-19,21,25,32H,9,11-17,20H2,1-2H3,(H,31,36). The number of aromatic nitrogens is 1. The van der Waals surface area contributed by atoms with Gasteiger partial charge in [-0.15, -0.1) is 0 Å². The first kappa shape index (κ1) is 26.8. The van der Waals surface area contributed by atoms with E-state index in [1.165, 1.54) is 57.0 Å². The predicted molar refractivity (Wildman–Crippen MR) is 161 cm³/mol. The second kappa shape index (κ2) is 12.0. The van der Waals surface area contributed by atoms with Crippen molar-refractivity contribution in [1.82, 2.24) is 14.8 Å². The molecule has 3 aliphatic rings. The van der Waals surface area contributed by atoms with Gasteiger partial charge in [0.15, 0.2) is 0 Å². The monoisotopic (exact) mass is 563 g/mol. The van der Waals surface area contributed by atoms with Gasteiger partial charge in [0.05, 0.1) is 6.61 Å². The van der Waals surface area contributed by atoms with Gasteiger partial charge in [-0.05, 0) is 56.3 Å². The van der Waals surface area contributed by atoms with Crippen molar-refractivity contribution in [2.45, 2.75) is 45.1 Å². The summed E-state index contributed by atoms with van der Waals surface area (Å²) in [6.45, 7) is 10.3. The smallest absolute Gasteiger partial charge is 0.249 e. The fourth-order valence-corrected chi connectivity index (χ4v) is 7.92. The van der Waals surface area contributed by atoms with E-state index in [-0.39, 0.29) is 11.7 Å². The first-order valence-corrected chi connectivity index (χ1v) is 15.5. The highest BCUT2D eigenvalue weighted by Gasteiger charge is 2.28. The van der Waals surface area contributed by atoms with Crippen LogP contribution < -0.4 is 15.8 Å². The maximum Gasteiger partial charge on any atom is 0.249 e. The highest BCUT2D eigenvalue weighted by Crippen LogP contribution is 2.51. The van der Waals surface area contributed by atoms with E-state index >= 15 is 0 Å². The third kappa shape index (κ3) is 6.33. The van der Waals surface area contributed by atoms with Gasteiger partial charge in [-0.2, -0.15) is 0 Å². The zero-order valence-corrected chi connectivity index (χ0v) is 24.3. The fraction of sp³-hybridized carbons (Fsp3) is 0.433. The summed E-state index contributed by atoms with van der Waals surface area (Å²) in [6.07, 6.45) is 2.82. The number of nitrogens with zero attached hydrogens (tertiary/aromatic N) is 3. The number of nitrogens with one attached hydrogen (secondary N) is 2. The lowest BCUT2D eigenvalue weighted by Gasteiger charge is -2.36. The van der Waals surface area contributed by atoms with E-state index in [2.05, 4.69) is 75.4 Å². The molecule has 3 aromatic rings. The van der Waals surface area contributed by atoms with E-state index in [0.29, 0.717) is 12.6 Å². The van der Waals surface area contributed by atoms with Crippen LogP contribution in [-0.4, -0.2) is 80.3 Å². The molecule has 1 aromatic heterocycles. The Bertz CT molecular complexity index is 1360. The van der Waals surface area contributed by atoms with Gasteiger partial charge in [0.25, 0.3) is 0 Å². The molecule has 6 rings (SSSR count). The zero-order valence-electron chi connectivity index (χ0n) is 22.7. The first-order chi connectivity index (χ1) is 19.0. The summed E-state index contributed by atoms with van der Waals surface area (Å²) in [5.41, 5.74) is 3.29. The van der Waals surface area contributed by atoms with Crippen molar-refractivity contribution >= 4 is 34.9 Å². The third-order valence-electron chi connectivity index (χ3n) is 7.81. The quantitative estimate of drug-likeness (QED) is 0.326. The molecule has 2 atom stereocenters. The summed E-state index contributed by atoms with van der Waals surface area (Å²) in [5.74, 6) is 0. The number of piperazine rings is 1. The van der Waals surface area contributed by atoms with E-state index in [4.69, 9.17) is 4.74 Å². The molecule has 4 heterocycles. The molecule has 0 radical (unpaired) electrons. The maximum atomic E-state index is 11.9. The van der Waals surface area contributed by atoms with E-state index < -0.39 is 0 Å². The Balaban J connectivity index is 1.11. The van der Waals surface area contributed by atoms with Gasteiger partial charge in [0.2, 0.25) is 5.56 Å². The number of pyridine rings is 1. The van der Waals surface area contributed by atoms with Crippen LogP contribution in [0, 0.1) is 0 Å². The van der Waals surface area contributed by atoms with Crippen molar-refractivity contribution in [1.29, 1.82) is 0 Å². The van der Waals surface area contributed by atoms with Gasteiger partial charge in [-0.1, -0.05) is 35.7 Å². The van der Waals surface area contributed by atoms with Crippen LogP contribution >= 0.6 is 23.5 Å². The topological polar surface area (TPSA) is 63.8 Å². The van der Waals surface area contributed by atoms with Crippen LogP contribution in [0.25, 0.3) is 0 Å². The van der Waals surface area contributed by atoms with Crippen molar-refractivity contribution in [2.75, 3.05) is 69.7 Å². The number of likely N-dealkylation sites (N-methyl/N-ethyl adjacent to an activating group) is 1. The minimum absolute atomic E-state index is 0.0373. The Kier molecular flexibility index (Phi) is 8.22. The van der Waals surface area contributed by atoms with Crippen molar-refractivity contribution in [3.63, 3.8) is 0 Å². The van der Waals surface area contributed by atoms with Crippen LogP contribution in [0.3, 0.4) is 0 Å². The van der Waals surface area contributed by atoms with Crippen LogP contribution in [0.1, 0.15) is 25.0 Å². The summed E-state index contributed by atoms with van der Waals surface area (Å²) in [7, 11) is 2.21. The normalized spacial score (nSPS) is 20.8. The molecule has 0 saturated carbocycles. The Morgan fingerprint density at radius 2 is 1.90 bits per heavy atom. The summed E-state index contributed by atoms with van der Waals surface area (Å²) in [4.78, 5) is 27.0. The summed E-state index contributed by atoms with van der Waals surface area (Å²) in [6, 6.07) is 17.4. The number of hydrogen-bond donors (Lipinski definition) is 2. The second-order valence-corrected chi connectivity index (χ2v) is 12.9. The van der Waals surface area contributed by atoms with Crippen LogP contribution in [0.4, 0.5) is 11.4 Å². The van der Waals surface area contributed by atoms with Crippen LogP contribution in [-0.2, 0) is 4.74 Å². The number of fused-ring (bicyclic) bond motifs is 2. The number of aromatic amines is 1. The average molecular weight is 564 g/mol. The zero-order chi connectivity index (χ0) is 26.8. The van der Waals surface area contributed by atoms with Crippen molar-refractivity contribution in [2.24, 2.45) is 0 Å². The second-order valence-electron chi connectivity index (χ2n) is 10.7. The van der Waals surface area contributed by atoms with Crippen LogP contribution in [0.2, 0.25) is 0 Å². The van der Waals surface area contributed by atoms with E-state index in [0.717, 1.165) is 31.7 Å². The molecule has 0 aliphatic carbocycles. The highest BCUT2D eigenvalue weighted by molar-refractivity contribution is 8.05. The molecular weight excluding hydrogens is 526 g/mol. The van der Waals surface area contributed by atoms with Crippen LogP contribution in [0.15, 0.2) is 79.1 Å². The molecule has 2 fully saturated rings. The number of morpholine rings is 1. The molecular formula is C30H37N5O2S2. The average Bonchev–Trinajstić information content (AvgIpc) is 2.95. The predicted octanol–water partition coefficient (Wildman–Crippen LogP) is 5.01. The molecule has 7 nitrogen and oxygen atoms in total. The lowest BCUT2D eigenvalue weighted by molar-refractivity contribution is 0.0379. The molecule has 2 saturated heterocycles. The van der Waals surface area contributed by atoms with Gasteiger partial charge >= 0.3 is 0 Å². The minimum Gasteiger partial charge on any atom is -0.383 e. The van der Waals surface area contributed by atoms with Crippen LogP contribution in [0.5, 0.6) is 0 Å². The third-order valence-corrected chi connectivity index (χ3v) is 10.4. The van der Waals surface area contributed by atoms with Crippen molar-refractivity contribution in [3.8, 4) is 0 Å². The molecule has 2 N–H and O–H groups in total. The summed E-state index contributed by atoms with van der Waals surface area (Å²) >= 11 is 3.70. The number of ether oxygens (including phenoxy) is 1. The van der Waals surface area contributed by atoms with Gasteiger partial charge in [-0.3, -0.25) is 4.79 Å². The van der Waals surface area contributed by atoms with Gasteiger partial charge < -0.3 is 29.7 Å². The van der Waals surface area contributed by atoms with E-state index in [9.17, 15) is 4.79 Å². The highest BCUT2D eigenvalue weighted by atomic mass is 32.2. The lowest BCUT2D eigenvalue weighted by atomic mass is 10.1. The number of hydrogen-bond acceptors (Lipinski definition) is 8. The molecule has 2 unspecified atom stereocenters. The van der Waals surface area contributed by atoms with Gasteiger partial charge in [0, 0.05) is 95.1 Å². The molecule has 0 amide bonds. The largest absolute Gasteiger partial charge is 0.383 e. The molecule has 0 bridgehead atoms. The number of H-pyrrole nitrogens is 1. The Labute approximate surface area is 239 Å². The van der Waals surface area contributed by atoms with E-state index in [1.54, 1.807) is 12.3 Å². The minimum atomic E-state index is -0.0746. The number of rotatable bonds is 7.